The fourth-order valence-electron chi connectivity index (χ4n) is 7.32. The first-order valence-electron chi connectivity index (χ1n) is 19.7. The highest BCUT2D eigenvalue weighted by Crippen LogP contribution is 2.34. The maximum atomic E-state index is 13.1. The Kier molecular flexibility index (Phi) is 18.2. The van der Waals surface area contributed by atoms with Gasteiger partial charge in [0.2, 0.25) is 11.8 Å². The van der Waals surface area contributed by atoms with Crippen LogP contribution in [0.4, 0.5) is 0 Å². The van der Waals surface area contributed by atoms with Gasteiger partial charge in [0, 0.05) is 25.6 Å². The molecule has 2 amide bonds. The predicted molar refractivity (Wildman–Crippen MR) is 198 cm³/mol. The molecule has 3 aliphatic rings. The molecule has 20 heteroatoms. The molecular weight excluding hydrogens is 756 g/mol. The van der Waals surface area contributed by atoms with Crippen molar-refractivity contribution in [3.8, 4) is 0 Å². The first kappa shape index (κ1) is 46.6. The average Bonchev–Trinajstić information content (AvgIpc) is 3.46. The largest absolute Gasteiger partial charge is 0.394 e. The fourth-order valence-corrected chi connectivity index (χ4v) is 7.32. The Morgan fingerprint density at radius 3 is 2.00 bits per heavy atom. The molecule has 57 heavy (non-hydrogen) atoms. The minimum Gasteiger partial charge on any atom is -0.394 e. The number of carbonyl (C=O) groups is 2. The summed E-state index contributed by atoms with van der Waals surface area (Å²) in [5.41, 5.74) is -1.68. The van der Waals surface area contributed by atoms with Crippen molar-refractivity contribution < 1.29 is 69.4 Å². The molecule has 15 atom stereocenters. The van der Waals surface area contributed by atoms with Gasteiger partial charge in [-0.25, -0.2) is 4.79 Å². The van der Waals surface area contributed by atoms with E-state index in [0.717, 1.165) is 49.4 Å². The van der Waals surface area contributed by atoms with Crippen molar-refractivity contribution in [3.05, 3.63) is 45.3 Å². The summed E-state index contributed by atoms with van der Waals surface area (Å²) in [4.78, 5) is 51.0. The highest BCUT2D eigenvalue weighted by molar-refractivity contribution is 5.87. The van der Waals surface area contributed by atoms with Crippen molar-refractivity contribution >= 4 is 11.8 Å². The van der Waals surface area contributed by atoms with Crippen LogP contribution in [0.15, 0.2) is 34.0 Å². The summed E-state index contributed by atoms with van der Waals surface area (Å²) in [6, 6.07) is -2.01. The van der Waals surface area contributed by atoms with Gasteiger partial charge in [-0.2, -0.15) is 0 Å². The normalized spacial score (nSPS) is 35.0. The first-order chi connectivity index (χ1) is 27.2. The lowest BCUT2D eigenvalue weighted by Gasteiger charge is -2.47. The number of allylic oxidation sites excluding steroid dienone is 1. The number of rotatable bonds is 20. The summed E-state index contributed by atoms with van der Waals surface area (Å²) in [7, 11) is 0. The number of hydrogen-bond acceptors (Lipinski definition) is 16. The smallest absolute Gasteiger partial charge is 0.330 e. The third-order valence-corrected chi connectivity index (χ3v) is 10.5. The molecule has 20 nitrogen and oxygen atoms in total. The van der Waals surface area contributed by atoms with Gasteiger partial charge < -0.3 is 70.4 Å². The number of aliphatic hydroxyl groups is 8. The topological polar surface area (TPSA) is 312 Å². The zero-order chi connectivity index (χ0) is 41.8. The summed E-state index contributed by atoms with van der Waals surface area (Å²) in [6.45, 7) is 2.52. The van der Waals surface area contributed by atoms with Gasteiger partial charge in [-0.3, -0.25) is 23.9 Å². The van der Waals surface area contributed by atoms with E-state index in [2.05, 4.69) is 17.6 Å². The van der Waals surface area contributed by atoms with E-state index in [1.165, 1.54) is 38.2 Å². The third kappa shape index (κ3) is 12.4. The number of hydrogen-bond donors (Lipinski definition) is 11. The predicted octanol–water partition coefficient (Wildman–Crippen LogP) is -2.72. The number of aromatic nitrogens is 2. The van der Waals surface area contributed by atoms with Gasteiger partial charge in [0.15, 0.2) is 18.8 Å². The van der Waals surface area contributed by atoms with E-state index < -0.39 is 128 Å². The van der Waals surface area contributed by atoms with E-state index >= 15 is 0 Å². The second-order valence-corrected chi connectivity index (χ2v) is 14.9. The monoisotopic (exact) mass is 816 g/mol. The molecule has 324 valence electrons. The molecule has 4 heterocycles. The molecule has 4 rings (SSSR count). The van der Waals surface area contributed by atoms with Crippen molar-refractivity contribution in [2.45, 2.75) is 176 Å². The first-order valence-corrected chi connectivity index (χ1v) is 19.7. The summed E-state index contributed by atoms with van der Waals surface area (Å²) in [5.74, 6) is -1.35. The Morgan fingerprint density at radius 1 is 0.825 bits per heavy atom. The van der Waals surface area contributed by atoms with Gasteiger partial charge in [0.05, 0.1) is 18.8 Å². The number of carbonyl (C=O) groups excluding carboxylic acids is 2. The maximum Gasteiger partial charge on any atom is 0.330 e. The van der Waals surface area contributed by atoms with Crippen LogP contribution in [0.1, 0.15) is 90.7 Å². The van der Waals surface area contributed by atoms with Crippen molar-refractivity contribution in [2.75, 3.05) is 6.61 Å². The van der Waals surface area contributed by atoms with Crippen LogP contribution in [0.2, 0.25) is 0 Å². The summed E-state index contributed by atoms with van der Waals surface area (Å²) in [5, 5.41) is 91.3. The second kappa shape index (κ2) is 22.3. The molecule has 0 radical (unpaired) electrons. The lowest BCUT2D eigenvalue weighted by atomic mass is 9.91. The third-order valence-electron chi connectivity index (χ3n) is 10.5. The highest BCUT2D eigenvalue weighted by atomic mass is 16.8. The number of aromatic amines is 1. The van der Waals surface area contributed by atoms with Gasteiger partial charge in [-0.05, 0) is 18.9 Å². The van der Waals surface area contributed by atoms with Gasteiger partial charge in [-0.1, -0.05) is 64.4 Å². The van der Waals surface area contributed by atoms with E-state index in [-0.39, 0.29) is 0 Å². The molecule has 1 aromatic heterocycles. The van der Waals surface area contributed by atoms with Gasteiger partial charge in [0.1, 0.15) is 60.9 Å². The van der Waals surface area contributed by atoms with Crippen molar-refractivity contribution in [1.29, 1.82) is 0 Å². The Morgan fingerprint density at radius 2 is 1.40 bits per heavy atom. The standard InChI is InChI=1S/C37H60N4O16/c1-3-4-5-6-7-8-9-10-11-12-13-14-23(45)39-26-30(50)27(47)21(54-36(26)57-35-25(38-19(2)43)29(49)28(48)22(18-42)55-35)17-20(44)33-31(51)32(52)34(56-33)41-16-15-24(46)40-37(41)53/h13-16,20-22,25-36,42,44,47-52H,3-12,17-18H2,1-2H3,(H,38,43)(H,39,45)(H,40,46,53)/b14-13+/t20-,21+,22+,25-,26-,27-,28-,29+,30-,31-,32+,33-,34-,35-,36-/m0/s1. The van der Waals surface area contributed by atoms with E-state index in [4.69, 9.17) is 18.9 Å². The Bertz CT molecular complexity index is 1560. The number of nitrogens with zero attached hydrogens (tertiary/aromatic N) is 1. The Labute approximate surface area is 329 Å². The lowest BCUT2D eigenvalue weighted by molar-refractivity contribution is -0.346. The summed E-state index contributed by atoms with van der Waals surface area (Å²) < 4.78 is 24.1. The summed E-state index contributed by atoms with van der Waals surface area (Å²) >= 11 is 0. The van der Waals surface area contributed by atoms with Gasteiger partial charge in [0.25, 0.3) is 5.56 Å². The summed E-state index contributed by atoms with van der Waals surface area (Å²) in [6.07, 6.45) is -7.70. The van der Waals surface area contributed by atoms with Crippen molar-refractivity contribution in [2.24, 2.45) is 0 Å². The average molecular weight is 817 g/mol. The van der Waals surface area contributed by atoms with Gasteiger partial charge >= 0.3 is 5.69 Å². The van der Waals surface area contributed by atoms with E-state index in [1.54, 1.807) is 6.08 Å². The van der Waals surface area contributed by atoms with Crippen LogP contribution in [-0.4, -0.2) is 155 Å². The van der Waals surface area contributed by atoms with Crippen LogP contribution in [0.5, 0.6) is 0 Å². The SMILES string of the molecule is CCCCCCCCCCC/C=C/C(=O)N[C@@H]1[C@H](O[C@@H]2O[C@H](CO)[C@H](O)[C@H](O)[C@@H]2NC(C)=O)O[C@H](C[C@H](O)[C@@H]2O[C@H](n3ccc(=O)[nH]c3=O)[C@H](O)[C@@H]2O)[C@H](O)[C@H]1O. The zero-order valence-corrected chi connectivity index (χ0v) is 32.2. The molecule has 3 fully saturated rings. The van der Waals surface area contributed by atoms with Crippen molar-refractivity contribution in [3.63, 3.8) is 0 Å². The molecule has 1 aromatic rings. The molecule has 0 aliphatic carbocycles. The molecule has 3 saturated heterocycles. The molecule has 3 aliphatic heterocycles. The molecule has 0 aromatic carbocycles. The Hall–Kier alpha value is -3.12. The lowest BCUT2D eigenvalue weighted by Crippen LogP contribution is -2.68. The molecule has 0 spiro atoms. The van der Waals surface area contributed by atoms with E-state index in [1.807, 2.05) is 4.98 Å². The number of unbranched alkanes of at least 4 members (excludes halogenated alkanes) is 9. The molecule has 0 saturated carbocycles. The molecular formula is C37H60N4O16. The van der Waals surface area contributed by atoms with Crippen molar-refractivity contribution in [1.82, 2.24) is 20.2 Å². The molecule has 0 unspecified atom stereocenters. The molecule has 0 bridgehead atoms. The number of ether oxygens (including phenoxy) is 4. The van der Waals surface area contributed by atoms with Crippen LogP contribution in [-0.2, 0) is 28.5 Å². The Balaban J connectivity index is 1.48. The second-order valence-electron chi connectivity index (χ2n) is 14.9. The number of nitrogens with one attached hydrogen (secondary N) is 3. The van der Waals surface area contributed by atoms with Crippen LogP contribution in [0.3, 0.4) is 0 Å². The quantitative estimate of drug-likeness (QED) is 0.0470. The minimum absolute atomic E-state index is 0.597. The zero-order valence-electron chi connectivity index (χ0n) is 32.2. The number of amides is 2. The van der Waals surface area contributed by atoms with Crippen LogP contribution >= 0.6 is 0 Å². The fraction of sp³-hybridized carbons (Fsp3) is 0.784. The number of H-pyrrole nitrogens is 1. The maximum absolute atomic E-state index is 13.1. The molecule has 11 N–H and O–H groups in total. The van der Waals surface area contributed by atoms with Crippen LogP contribution < -0.4 is 21.9 Å². The highest BCUT2D eigenvalue weighted by Gasteiger charge is 2.53. The van der Waals surface area contributed by atoms with Crippen LogP contribution in [0, 0.1) is 0 Å². The minimum atomic E-state index is -1.85. The van der Waals surface area contributed by atoms with Crippen LogP contribution in [0.25, 0.3) is 0 Å². The van der Waals surface area contributed by atoms with Gasteiger partial charge in [-0.15, -0.1) is 0 Å². The van der Waals surface area contributed by atoms with E-state index in [0.29, 0.717) is 6.42 Å². The number of aliphatic hydroxyl groups excluding tert-OH is 8. The van der Waals surface area contributed by atoms with E-state index in [9.17, 15) is 60.0 Å².